The number of carbonyl (C=O) groups is 2. The van der Waals surface area contributed by atoms with Gasteiger partial charge in [0.1, 0.15) is 11.6 Å². The summed E-state index contributed by atoms with van der Waals surface area (Å²) < 4.78 is 9.16. The second-order valence-corrected chi connectivity index (χ2v) is 7.80. The molecule has 0 radical (unpaired) electrons. The monoisotopic (exact) mass is 409 g/mol. The number of carbonyl (C=O) groups excluding carboxylic acids is 2. The number of aryl methyl sites for hydroxylation is 3. The maximum atomic E-state index is 12.5. The molecule has 1 fully saturated rings. The van der Waals surface area contributed by atoms with Crippen LogP contribution in [-0.2, 0) is 21.4 Å². The third-order valence-electron chi connectivity index (χ3n) is 5.49. The Morgan fingerprint density at radius 2 is 1.97 bits per heavy atom. The summed E-state index contributed by atoms with van der Waals surface area (Å²) in [6, 6.07) is 4.37. The first kappa shape index (κ1) is 21.4. The van der Waals surface area contributed by atoms with Crippen molar-refractivity contribution in [2.24, 2.45) is 7.05 Å². The Kier molecular flexibility index (Phi) is 5.83. The van der Waals surface area contributed by atoms with E-state index in [0.717, 1.165) is 35.5 Å². The van der Waals surface area contributed by atoms with Crippen molar-refractivity contribution in [1.82, 2.24) is 14.3 Å². The first-order valence-corrected chi connectivity index (χ1v) is 9.96. The van der Waals surface area contributed by atoms with Crippen LogP contribution in [0.2, 0.25) is 0 Å². The lowest BCUT2D eigenvalue weighted by Gasteiger charge is -2.13. The van der Waals surface area contributed by atoms with Gasteiger partial charge in [-0.1, -0.05) is 0 Å². The van der Waals surface area contributed by atoms with Gasteiger partial charge in [-0.15, -0.1) is 0 Å². The van der Waals surface area contributed by atoms with Gasteiger partial charge in [0, 0.05) is 24.5 Å². The Morgan fingerprint density at radius 3 is 2.50 bits per heavy atom. The van der Waals surface area contributed by atoms with Gasteiger partial charge >= 0.3 is 5.97 Å². The molecule has 8 heteroatoms. The molecule has 1 saturated carbocycles. The Morgan fingerprint density at radius 1 is 1.30 bits per heavy atom. The highest BCUT2D eigenvalue weighted by molar-refractivity contribution is 6.01. The van der Waals surface area contributed by atoms with Crippen molar-refractivity contribution in [3.05, 3.63) is 40.0 Å². The van der Waals surface area contributed by atoms with Crippen LogP contribution >= 0.6 is 0 Å². The minimum absolute atomic E-state index is 0.139. The van der Waals surface area contributed by atoms with Gasteiger partial charge < -0.3 is 14.6 Å². The first-order valence-electron chi connectivity index (χ1n) is 9.96. The highest BCUT2D eigenvalue weighted by Gasteiger charge is 2.27. The van der Waals surface area contributed by atoms with Gasteiger partial charge in [0.15, 0.2) is 6.10 Å². The number of esters is 1. The van der Waals surface area contributed by atoms with Crippen LogP contribution in [-0.4, -0.2) is 32.3 Å². The van der Waals surface area contributed by atoms with E-state index in [4.69, 9.17) is 4.74 Å². The van der Waals surface area contributed by atoms with E-state index >= 15 is 0 Å². The topological polar surface area (TPSA) is 102 Å². The number of hydrogen-bond acceptors (Lipinski definition) is 5. The largest absolute Gasteiger partial charge is 0.448 e. The minimum atomic E-state index is -1.06. The molecule has 158 valence electrons. The Balaban J connectivity index is 1.72. The third-order valence-corrected chi connectivity index (χ3v) is 5.49. The van der Waals surface area contributed by atoms with Gasteiger partial charge in [0.25, 0.3) is 5.91 Å². The van der Waals surface area contributed by atoms with E-state index in [2.05, 4.69) is 15.0 Å². The molecule has 1 amide bonds. The zero-order chi connectivity index (χ0) is 22.2. The van der Waals surface area contributed by atoms with Gasteiger partial charge in [-0.2, -0.15) is 10.4 Å². The van der Waals surface area contributed by atoms with E-state index in [0.29, 0.717) is 17.4 Å². The summed E-state index contributed by atoms with van der Waals surface area (Å²) in [7, 11) is 1.78. The van der Waals surface area contributed by atoms with Crippen LogP contribution in [0.4, 0.5) is 5.69 Å². The molecule has 0 saturated heterocycles. The number of nitriles is 1. The number of rotatable bonds is 6. The van der Waals surface area contributed by atoms with Crippen LogP contribution in [0, 0.1) is 39.0 Å². The summed E-state index contributed by atoms with van der Waals surface area (Å²) in [6.07, 6.45) is 2.76. The summed E-state index contributed by atoms with van der Waals surface area (Å²) in [5, 5.41) is 16.5. The standard InChI is InChI=1S/C22H27N5O3/c1-12-9-17(14(3)27(12)19-7-8-19)10-18(11-23)22(29)30-16(5)21(28)24-20-13(2)25-26(6)15(20)4/h9-10,16,19H,7-8H2,1-6H3,(H,24,28)/b18-10+/t16-/m0/s1. The number of nitrogens with zero attached hydrogens (tertiary/aromatic N) is 4. The number of aromatic nitrogens is 3. The number of hydrogen-bond donors (Lipinski definition) is 1. The predicted molar refractivity (Wildman–Crippen MR) is 113 cm³/mol. The van der Waals surface area contributed by atoms with Crippen molar-refractivity contribution in [1.29, 1.82) is 5.26 Å². The summed E-state index contributed by atoms with van der Waals surface area (Å²) in [6.45, 7) is 9.09. The van der Waals surface area contributed by atoms with Crippen LogP contribution in [0.25, 0.3) is 6.08 Å². The van der Waals surface area contributed by atoms with Crippen molar-refractivity contribution < 1.29 is 14.3 Å². The minimum Gasteiger partial charge on any atom is -0.448 e. The molecule has 8 nitrogen and oxygen atoms in total. The van der Waals surface area contributed by atoms with E-state index in [9.17, 15) is 14.9 Å². The maximum Gasteiger partial charge on any atom is 0.349 e. The van der Waals surface area contributed by atoms with E-state index in [1.165, 1.54) is 13.0 Å². The van der Waals surface area contributed by atoms with E-state index in [-0.39, 0.29) is 5.57 Å². The Hall–Kier alpha value is -3.34. The molecule has 0 aliphatic heterocycles. The summed E-state index contributed by atoms with van der Waals surface area (Å²) in [5.74, 6) is -1.30. The zero-order valence-corrected chi connectivity index (χ0v) is 18.2. The molecule has 2 aromatic heterocycles. The van der Waals surface area contributed by atoms with Gasteiger partial charge in [0.2, 0.25) is 0 Å². The highest BCUT2D eigenvalue weighted by atomic mass is 16.5. The normalized spacial score (nSPS) is 14.9. The summed E-state index contributed by atoms with van der Waals surface area (Å²) in [4.78, 5) is 25.0. The zero-order valence-electron chi connectivity index (χ0n) is 18.2. The molecule has 3 rings (SSSR count). The molecule has 0 spiro atoms. The number of anilines is 1. The smallest absolute Gasteiger partial charge is 0.349 e. The van der Waals surface area contributed by atoms with Crippen molar-refractivity contribution >= 4 is 23.6 Å². The molecule has 1 aliphatic rings. The van der Waals surface area contributed by atoms with Crippen molar-refractivity contribution in [3.63, 3.8) is 0 Å². The molecule has 1 N–H and O–H groups in total. The van der Waals surface area contributed by atoms with Crippen molar-refractivity contribution in [3.8, 4) is 6.07 Å². The second-order valence-electron chi connectivity index (χ2n) is 7.80. The van der Waals surface area contributed by atoms with Crippen molar-refractivity contribution in [2.75, 3.05) is 5.32 Å². The number of ether oxygens (including phenoxy) is 1. The van der Waals surface area contributed by atoms with Gasteiger partial charge in [-0.3, -0.25) is 9.48 Å². The SMILES string of the molecule is Cc1nn(C)c(C)c1NC(=O)[C@H](C)OC(=O)/C(C#N)=C/c1cc(C)n(C2CC2)c1C. The molecule has 0 aromatic carbocycles. The van der Waals surface area contributed by atoms with E-state index in [1.54, 1.807) is 18.7 Å². The van der Waals surface area contributed by atoms with Gasteiger partial charge in [-0.05, 0) is 65.2 Å². The third kappa shape index (κ3) is 4.15. The molecule has 1 atom stereocenters. The lowest BCUT2D eigenvalue weighted by molar-refractivity contribution is -0.148. The lowest BCUT2D eigenvalue weighted by atomic mass is 10.1. The second kappa shape index (κ2) is 8.19. The summed E-state index contributed by atoms with van der Waals surface area (Å²) in [5.41, 5.74) is 4.85. The molecule has 30 heavy (non-hydrogen) atoms. The molecule has 1 aliphatic carbocycles. The predicted octanol–water partition coefficient (Wildman–Crippen LogP) is 3.27. The van der Waals surface area contributed by atoms with Crippen LogP contribution in [0.3, 0.4) is 0 Å². The Bertz CT molecular complexity index is 1080. The fraction of sp³-hybridized carbons (Fsp3) is 0.455. The van der Waals surface area contributed by atoms with Crippen molar-refractivity contribution in [2.45, 2.75) is 59.6 Å². The van der Waals surface area contributed by atoms with E-state index in [1.807, 2.05) is 32.9 Å². The summed E-state index contributed by atoms with van der Waals surface area (Å²) >= 11 is 0. The van der Waals surface area contributed by atoms with Crippen LogP contribution in [0.5, 0.6) is 0 Å². The van der Waals surface area contributed by atoms with Crippen LogP contribution in [0.15, 0.2) is 11.6 Å². The quantitative estimate of drug-likeness (QED) is 0.448. The molecule has 0 unspecified atom stereocenters. The molecular weight excluding hydrogens is 382 g/mol. The number of nitrogens with one attached hydrogen (secondary N) is 1. The Labute approximate surface area is 176 Å². The average molecular weight is 409 g/mol. The van der Waals surface area contributed by atoms with E-state index < -0.39 is 18.0 Å². The average Bonchev–Trinajstić information content (AvgIpc) is 3.43. The fourth-order valence-corrected chi connectivity index (χ4v) is 3.59. The first-order chi connectivity index (χ1) is 14.1. The molecule has 2 aromatic rings. The lowest BCUT2D eigenvalue weighted by Crippen LogP contribution is -2.30. The van der Waals surface area contributed by atoms with Crippen LogP contribution < -0.4 is 5.32 Å². The van der Waals surface area contributed by atoms with Gasteiger partial charge in [-0.25, -0.2) is 4.79 Å². The highest BCUT2D eigenvalue weighted by Crippen LogP contribution is 2.38. The molecule has 2 heterocycles. The number of amides is 1. The molecule has 0 bridgehead atoms. The maximum absolute atomic E-state index is 12.5. The van der Waals surface area contributed by atoms with Crippen LogP contribution in [0.1, 0.15) is 54.1 Å². The molecular formula is C22H27N5O3. The fourth-order valence-electron chi connectivity index (χ4n) is 3.59. The van der Waals surface area contributed by atoms with Gasteiger partial charge in [0.05, 0.1) is 17.1 Å².